The Morgan fingerprint density at radius 3 is 2.31 bits per heavy atom. The molecule has 0 fully saturated rings. The Balaban J connectivity index is 2.18. The highest BCUT2D eigenvalue weighted by atomic mass is 16.5. The molecule has 0 aromatic heterocycles. The second-order valence-electron chi connectivity index (χ2n) is 4.61. The van der Waals surface area contributed by atoms with Crippen LogP contribution in [0, 0.1) is 12.8 Å². The maximum absolute atomic E-state index is 5.69. The smallest absolute Gasteiger partial charge is 0.0642 e. The Labute approximate surface area is 99.0 Å². The van der Waals surface area contributed by atoms with Crippen LogP contribution < -0.4 is 5.32 Å². The largest absolute Gasteiger partial charge is 0.383 e. The molecule has 0 spiro atoms. The molecule has 1 rings (SSSR count). The van der Waals surface area contributed by atoms with Crippen LogP contribution in [-0.4, -0.2) is 19.3 Å². The number of anilines is 1. The predicted molar refractivity (Wildman–Crippen MR) is 69.9 cm³/mol. The number of benzene rings is 1. The lowest BCUT2D eigenvalue weighted by molar-refractivity contribution is 0.0421. The molecule has 1 aromatic rings. The third-order valence-electron chi connectivity index (χ3n) is 2.80. The zero-order valence-electron chi connectivity index (χ0n) is 10.8. The molecule has 1 unspecified atom stereocenters. The van der Waals surface area contributed by atoms with E-state index in [1.165, 1.54) is 5.56 Å². The minimum absolute atomic E-state index is 0.333. The van der Waals surface area contributed by atoms with Crippen molar-refractivity contribution >= 4 is 5.69 Å². The average Bonchev–Trinajstić information content (AvgIpc) is 2.26. The van der Waals surface area contributed by atoms with E-state index in [2.05, 4.69) is 57.3 Å². The molecular formula is C14H23NO. The Bertz CT molecular complexity index is 292. The highest BCUT2D eigenvalue weighted by Gasteiger charge is 2.05. The molecule has 0 saturated heterocycles. The standard InChI is InChI=1S/C14H23NO/c1-11(2)13(4)16-10-9-15-14-7-5-12(3)6-8-14/h5-8,11,13,15H,9-10H2,1-4H3. The Morgan fingerprint density at radius 1 is 1.12 bits per heavy atom. The zero-order chi connectivity index (χ0) is 12.0. The second-order valence-corrected chi connectivity index (χ2v) is 4.61. The van der Waals surface area contributed by atoms with Crippen molar-refractivity contribution in [1.82, 2.24) is 0 Å². The van der Waals surface area contributed by atoms with Gasteiger partial charge in [0.2, 0.25) is 0 Å². The SMILES string of the molecule is Cc1ccc(NCCOC(C)C(C)C)cc1. The van der Waals surface area contributed by atoms with Gasteiger partial charge in [0.15, 0.2) is 0 Å². The Morgan fingerprint density at radius 2 is 1.75 bits per heavy atom. The molecule has 0 saturated carbocycles. The van der Waals surface area contributed by atoms with Crippen LogP contribution >= 0.6 is 0 Å². The monoisotopic (exact) mass is 221 g/mol. The van der Waals surface area contributed by atoms with Crippen LogP contribution in [0.3, 0.4) is 0 Å². The molecule has 0 aliphatic heterocycles. The number of ether oxygens (including phenoxy) is 1. The summed E-state index contributed by atoms with van der Waals surface area (Å²) in [5.74, 6) is 0.583. The fourth-order valence-corrected chi connectivity index (χ4v) is 1.30. The van der Waals surface area contributed by atoms with Gasteiger partial charge in [-0.2, -0.15) is 0 Å². The van der Waals surface area contributed by atoms with Crippen LogP contribution in [0.5, 0.6) is 0 Å². The van der Waals surface area contributed by atoms with Gasteiger partial charge in [0.05, 0.1) is 12.7 Å². The third-order valence-corrected chi connectivity index (χ3v) is 2.80. The van der Waals surface area contributed by atoms with Gasteiger partial charge in [0.25, 0.3) is 0 Å². The van der Waals surface area contributed by atoms with Gasteiger partial charge in [-0.15, -0.1) is 0 Å². The van der Waals surface area contributed by atoms with Crippen molar-refractivity contribution in [2.24, 2.45) is 5.92 Å². The molecule has 0 aliphatic carbocycles. The van der Waals surface area contributed by atoms with Gasteiger partial charge in [-0.25, -0.2) is 0 Å². The van der Waals surface area contributed by atoms with Crippen LogP contribution in [0.25, 0.3) is 0 Å². The molecule has 2 heteroatoms. The van der Waals surface area contributed by atoms with Crippen LogP contribution in [0.4, 0.5) is 5.69 Å². The minimum atomic E-state index is 0.333. The molecule has 0 aliphatic rings. The lowest BCUT2D eigenvalue weighted by Crippen LogP contribution is -2.19. The summed E-state index contributed by atoms with van der Waals surface area (Å²) in [5, 5.41) is 3.34. The normalized spacial score (nSPS) is 12.8. The Kier molecular flexibility index (Phi) is 5.33. The van der Waals surface area contributed by atoms with Crippen LogP contribution in [-0.2, 0) is 4.74 Å². The zero-order valence-corrected chi connectivity index (χ0v) is 10.8. The summed E-state index contributed by atoms with van der Waals surface area (Å²) >= 11 is 0. The maximum atomic E-state index is 5.69. The number of hydrogen-bond acceptors (Lipinski definition) is 2. The van der Waals surface area contributed by atoms with E-state index >= 15 is 0 Å². The van der Waals surface area contributed by atoms with Gasteiger partial charge in [-0.1, -0.05) is 31.5 Å². The lowest BCUT2D eigenvalue weighted by Gasteiger charge is -2.16. The van der Waals surface area contributed by atoms with Crippen molar-refractivity contribution in [3.63, 3.8) is 0 Å². The highest BCUT2D eigenvalue weighted by Crippen LogP contribution is 2.08. The van der Waals surface area contributed by atoms with E-state index in [-0.39, 0.29) is 0 Å². The predicted octanol–water partition coefficient (Wildman–Crippen LogP) is 3.47. The average molecular weight is 221 g/mol. The third kappa shape index (κ3) is 4.67. The summed E-state index contributed by atoms with van der Waals surface area (Å²) < 4.78 is 5.69. The fourth-order valence-electron chi connectivity index (χ4n) is 1.30. The van der Waals surface area contributed by atoms with Crippen molar-refractivity contribution in [2.45, 2.75) is 33.8 Å². The molecule has 2 nitrogen and oxygen atoms in total. The van der Waals surface area contributed by atoms with Crippen molar-refractivity contribution in [2.75, 3.05) is 18.5 Å². The molecule has 0 heterocycles. The van der Waals surface area contributed by atoms with Crippen molar-refractivity contribution in [3.8, 4) is 0 Å². The summed E-state index contributed by atoms with van der Waals surface area (Å²) in [6.45, 7) is 10.2. The first-order chi connectivity index (χ1) is 7.59. The number of hydrogen-bond donors (Lipinski definition) is 1. The van der Waals surface area contributed by atoms with Crippen LogP contribution in [0.15, 0.2) is 24.3 Å². The molecule has 0 bridgehead atoms. The van der Waals surface area contributed by atoms with Crippen molar-refractivity contribution in [3.05, 3.63) is 29.8 Å². The first-order valence-corrected chi connectivity index (χ1v) is 6.01. The van der Waals surface area contributed by atoms with Gasteiger partial charge in [0, 0.05) is 12.2 Å². The summed E-state index contributed by atoms with van der Waals surface area (Å²) in [6, 6.07) is 8.42. The number of rotatable bonds is 6. The van der Waals surface area contributed by atoms with E-state index < -0.39 is 0 Å². The fraction of sp³-hybridized carbons (Fsp3) is 0.571. The summed E-state index contributed by atoms with van der Waals surface area (Å²) in [5.41, 5.74) is 2.45. The minimum Gasteiger partial charge on any atom is -0.383 e. The molecule has 90 valence electrons. The molecule has 0 amide bonds. The number of aryl methyl sites for hydroxylation is 1. The quantitative estimate of drug-likeness (QED) is 0.743. The number of nitrogens with one attached hydrogen (secondary N) is 1. The van der Waals surface area contributed by atoms with Gasteiger partial charge in [-0.05, 0) is 31.9 Å². The Hall–Kier alpha value is -1.02. The molecule has 1 N–H and O–H groups in total. The molecule has 0 radical (unpaired) electrons. The first kappa shape index (κ1) is 13.0. The first-order valence-electron chi connectivity index (χ1n) is 6.01. The molecular weight excluding hydrogens is 198 g/mol. The molecule has 1 aromatic carbocycles. The van der Waals surface area contributed by atoms with E-state index in [1.54, 1.807) is 0 Å². The summed E-state index contributed by atoms with van der Waals surface area (Å²) in [4.78, 5) is 0. The van der Waals surface area contributed by atoms with Crippen molar-refractivity contribution < 1.29 is 4.74 Å². The van der Waals surface area contributed by atoms with Gasteiger partial charge in [0.1, 0.15) is 0 Å². The summed E-state index contributed by atoms with van der Waals surface area (Å²) in [7, 11) is 0. The van der Waals surface area contributed by atoms with Gasteiger partial charge in [-0.3, -0.25) is 0 Å². The lowest BCUT2D eigenvalue weighted by atomic mass is 10.1. The van der Waals surface area contributed by atoms with Gasteiger partial charge >= 0.3 is 0 Å². The maximum Gasteiger partial charge on any atom is 0.0642 e. The van der Waals surface area contributed by atoms with Crippen molar-refractivity contribution in [1.29, 1.82) is 0 Å². The second kappa shape index (κ2) is 6.54. The van der Waals surface area contributed by atoms with E-state index in [4.69, 9.17) is 4.74 Å². The molecule has 16 heavy (non-hydrogen) atoms. The van der Waals surface area contributed by atoms with E-state index in [0.29, 0.717) is 12.0 Å². The van der Waals surface area contributed by atoms with Crippen LogP contribution in [0.2, 0.25) is 0 Å². The van der Waals surface area contributed by atoms with E-state index in [0.717, 1.165) is 18.8 Å². The highest BCUT2D eigenvalue weighted by molar-refractivity contribution is 5.44. The summed E-state index contributed by atoms with van der Waals surface area (Å²) in [6.07, 6.45) is 0.333. The van der Waals surface area contributed by atoms with Crippen LogP contribution in [0.1, 0.15) is 26.3 Å². The topological polar surface area (TPSA) is 21.3 Å². The van der Waals surface area contributed by atoms with Gasteiger partial charge < -0.3 is 10.1 Å². The molecule has 1 atom stereocenters. The van der Waals surface area contributed by atoms with E-state index in [9.17, 15) is 0 Å². The van der Waals surface area contributed by atoms with E-state index in [1.807, 2.05) is 0 Å².